The molecular formula is C12H16BrNOS. The van der Waals surface area contributed by atoms with Crippen molar-refractivity contribution >= 4 is 27.3 Å². The van der Waals surface area contributed by atoms with E-state index in [2.05, 4.69) is 27.4 Å². The van der Waals surface area contributed by atoms with Crippen LogP contribution in [-0.4, -0.2) is 18.2 Å². The van der Waals surface area contributed by atoms with Crippen molar-refractivity contribution in [3.8, 4) is 0 Å². The van der Waals surface area contributed by atoms with E-state index < -0.39 is 0 Å². The molecule has 2 saturated heterocycles. The molecule has 2 aliphatic heterocycles. The van der Waals surface area contributed by atoms with Gasteiger partial charge in [0.25, 0.3) is 0 Å². The van der Waals surface area contributed by atoms with Crippen LogP contribution in [0.1, 0.15) is 24.1 Å². The molecule has 1 aromatic heterocycles. The Bertz CT molecular complexity index is 381. The minimum absolute atomic E-state index is 0.265. The number of nitrogens with two attached hydrogens (primary N) is 1. The van der Waals surface area contributed by atoms with Crippen LogP contribution in [0.2, 0.25) is 0 Å². The van der Waals surface area contributed by atoms with Gasteiger partial charge in [0.05, 0.1) is 12.2 Å². The summed E-state index contributed by atoms with van der Waals surface area (Å²) in [5, 5.41) is 2.12. The average Bonchev–Trinajstić information content (AvgIpc) is 2.93. The van der Waals surface area contributed by atoms with Gasteiger partial charge in [0.1, 0.15) is 0 Å². The molecule has 1 aromatic rings. The summed E-state index contributed by atoms with van der Waals surface area (Å²) in [7, 11) is 0. The Morgan fingerprint density at radius 3 is 3.00 bits per heavy atom. The molecule has 0 radical (unpaired) electrons. The van der Waals surface area contributed by atoms with Gasteiger partial charge in [-0.05, 0) is 47.7 Å². The van der Waals surface area contributed by atoms with Crippen molar-refractivity contribution in [3.05, 3.63) is 20.8 Å². The summed E-state index contributed by atoms with van der Waals surface area (Å²) in [6.45, 7) is 0. The SMILES string of the molecule is NC(Cc1cc(Br)cs1)C1CC2CCC1O2. The van der Waals surface area contributed by atoms with Gasteiger partial charge < -0.3 is 10.5 Å². The second-order valence-electron chi connectivity index (χ2n) is 4.87. The highest BCUT2D eigenvalue weighted by Gasteiger charge is 2.43. The summed E-state index contributed by atoms with van der Waals surface area (Å²) in [4.78, 5) is 1.38. The van der Waals surface area contributed by atoms with Crippen molar-refractivity contribution < 1.29 is 4.74 Å². The van der Waals surface area contributed by atoms with Gasteiger partial charge in [-0.15, -0.1) is 11.3 Å². The van der Waals surface area contributed by atoms with Gasteiger partial charge in [-0.3, -0.25) is 0 Å². The van der Waals surface area contributed by atoms with E-state index in [1.807, 2.05) is 0 Å². The predicted molar refractivity (Wildman–Crippen MR) is 69.7 cm³/mol. The Morgan fingerprint density at radius 2 is 2.44 bits per heavy atom. The highest BCUT2D eigenvalue weighted by atomic mass is 79.9. The molecule has 4 unspecified atom stereocenters. The molecule has 3 heterocycles. The van der Waals surface area contributed by atoms with E-state index in [-0.39, 0.29) is 6.04 Å². The zero-order valence-electron chi connectivity index (χ0n) is 9.06. The molecule has 2 bridgehead atoms. The maximum absolute atomic E-state index is 6.32. The zero-order valence-corrected chi connectivity index (χ0v) is 11.5. The fraction of sp³-hybridized carbons (Fsp3) is 0.667. The van der Waals surface area contributed by atoms with Crippen molar-refractivity contribution in [2.75, 3.05) is 0 Å². The molecule has 2 N–H and O–H groups in total. The topological polar surface area (TPSA) is 35.2 Å². The maximum atomic E-state index is 6.32. The van der Waals surface area contributed by atoms with E-state index in [1.54, 1.807) is 11.3 Å². The Balaban J connectivity index is 1.63. The fourth-order valence-electron chi connectivity index (χ4n) is 2.97. The third-order valence-corrected chi connectivity index (χ3v) is 5.48. The predicted octanol–water partition coefficient (Wildman–Crippen LogP) is 2.95. The van der Waals surface area contributed by atoms with E-state index in [0.717, 1.165) is 6.42 Å². The van der Waals surface area contributed by atoms with Crippen molar-refractivity contribution in [2.24, 2.45) is 11.7 Å². The third kappa shape index (κ3) is 2.08. The van der Waals surface area contributed by atoms with Gasteiger partial charge >= 0.3 is 0 Å². The summed E-state index contributed by atoms with van der Waals surface area (Å²) in [6.07, 6.45) is 5.60. The number of rotatable bonds is 3. The highest BCUT2D eigenvalue weighted by molar-refractivity contribution is 9.10. The molecule has 88 valence electrons. The largest absolute Gasteiger partial charge is 0.375 e. The lowest BCUT2D eigenvalue weighted by Gasteiger charge is -2.24. The fourth-order valence-corrected chi connectivity index (χ4v) is 4.50. The molecule has 4 atom stereocenters. The van der Waals surface area contributed by atoms with Crippen LogP contribution in [0.15, 0.2) is 15.9 Å². The molecule has 2 nitrogen and oxygen atoms in total. The maximum Gasteiger partial charge on any atom is 0.0623 e. The van der Waals surface area contributed by atoms with Crippen LogP contribution < -0.4 is 5.73 Å². The number of hydrogen-bond donors (Lipinski definition) is 1. The quantitative estimate of drug-likeness (QED) is 0.931. The lowest BCUT2D eigenvalue weighted by Crippen LogP contribution is -2.37. The van der Waals surface area contributed by atoms with E-state index in [0.29, 0.717) is 18.1 Å². The van der Waals surface area contributed by atoms with Crippen molar-refractivity contribution in [1.82, 2.24) is 0 Å². The van der Waals surface area contributed by atoms with Gasteiger partial charge in [-0.25, -0.2) is 0 Å². The lowest BCUT2D eigenvalue weighted by atomic mass is 9.83. The molecular weight excluding hydrogens is 286 g/mol. The monoisotopic (exact) mass is 301 g/mol. The normalized spacial score (nSPS) is 34.5. The van der Waals surface area contributed by atoms with Crippen LogP contribution in [0.5, 0.6) is 0 Å². The second kappa shape index (κ2) is 4.41. The smallest absolute Gasteiger partial charge is 0.0623 e. The number of halogens is 1. The third-order valence-electron chi connectivity index (χ3n) is 3.76. The first-order valence-corrected chi connectivity index (χ1v) is 7.53. The van der Waals surface area contributed by atoms with E-state index in [1.165, 1.54) is 28.6 Å². The summed E-state index contributed by atoms with van der Waals surface area (Å²) in [5.41, 5.74) is 6.32. The highest BCUT2D eigenvalue weighted by Crippen LogP contribution is 2.40. The lowest BCUT2D eigenvalue weighted by molar-refractivity contribution is 0.0885. The van der Waals surface area contributed by atoms with Crippen LogP contribution in [-0.2, 0) is 11.2 Å². The Hall–Kier alpha value is 0.1000. The number of fused-ring (bicyclic) bond motifs is 2. The molecule has 16 heavy (non-hydrogen) atoms. The molecule has 2 aliphatic rings. The standard InChI is InChI=1S/C12H16BrNOS/c13-7-3-9(16-6-7)5-11(14)10-4-8-1-2-12(10)15-8/h3,6,8,10-12H,1-2,4-5,14H2. The first-order chi connectivity index (χ1) is 7.72. The molecule has 0 amide bonds. The van der Waals surface area contributed by atoms with Crippen LogP contribution in [0.25, 0.3) is 0 Å². The average molecular weight is 302 g/mol. The van der Waals surface area contributed by atoms with Crippen molar-refractivity contribution in [1.29, 1.82) is 0 Å². The number of hydrogen-bond acceptors (Lipinski definition) is 3. The van der Waals surface area contributed by atoms with Gasteiger partial charge in [-0.1, -0.05) is 0 Å². The Kier molecular flexibility index (Phi) is 3.09. The summed E-state index contributed by atoms with van der Waals surface area (Å²) < 4.78 is 7.03. The second-order valence-corrected chi connectivity index (χ2v) is 6.78. The van der Waals surface area contributed by atoms with Gasteiger partial charge in [0, 0.05) is 26.7 Å². The van der Waals surface area contributed by atoms with E-state index in [9.17, 15) is 0 Å². The number of thiophene rings is 1. The van der Waals surface area contributed by atoms with Crippen LogP contribution in [0.3, 0.4) is 0 Å². The molecule has 0 aromatic carbocycles. The van der Waals surface area contributed by atoms with Gasteiger partial charge in [-0.2, -0.15) is 0 Å². The van der Waals surface area contributed by atoms with Crippen LogP contribution >= 0.6 is 27.3 Å². The number of ether oxygens (including phenoxy) is 1. The molecule has 2 fully saturated rings. The first kappa shape index (κ1) is 11.2. The zero-order chi connectivity index (χ0) is 11.1. The summed E-state index contributed by atoms with van der Waals surface area (Å²) in [5.74, 6) is 0.583. The molecule has 0 saturated carbocycles. The van der Waals surface area contributed by atoms with Gasteiger partial charge in [0.2, 0.25) is 0 Å². The molecule has 0 spiro atoms. The van der Waals surface area contributed by atoms with E-state index in [4.69, 9.17) is 10.5 Å². The van der Waals surface area contributed by atoms with Crippen LogP contribution in [0.4, 0.5) is 0 Å². The van der Waals surface area contributed by atoms with Crippen molar-refractivity contribution in [3.63, 3.8) is 0 Å². The Morgan fingerprint density at radius 1 is 1.56 bits per heavy atom. The molecule has 4 heteroatoms. The summed E-state index contributed by atoms with van der Waals surface area (Å²) >= 11 is 5.27. The van der Waals surface area contributed by atoms with Gasteiger partial charge in [0.15, 0.2) is 0 Å². The Labute approximate surface area is 108 Å². The van der Waals surface area contributed by atoms with Crippen LogP contribution in [0, 0.1) is 5.92 Å². The minimum atomic E-state index is 0.265. The van der Waals surface area contributed by atoms with Crippen molar-refractivity contribution in [2.45, 2.75) is 43.9 Å². The van der Waals surface area contributed by atoms with E-state index >= 15 is 0 Å². The molecule has 3 rings (SSSR count). The summed E-state index contributed by atoms with van der Waals surface area (Å²) in [6, 6.07) is 2.44. The first-order valence-electron chi connectivity index (χ1n) is 5.86. The molecule has 0 aliphatic carbocycles. The minimum Gasteiger partial charge on any atom is -0.375 e.